The van der Waals surface area contributed by atoms with Gasteiger partial charge < -0.3 is 78.0 Å². The van der Waals surface area contributed by atoms with E-state index in [0.29, 0.717) is 47.0 Å². The quantitative estimate of drug-likeness (QED) is 0.0819. The van der Waals surface area contributed by atoms with Crippen molar-refractivity contribution in [3.05, 3.63) is 82.9 Å². The fraction of sp³-hybridized carbons (Fsp3) is 0.429. The molecule has 314 valence electrons. The zero-order chi connectivity index (χ0) is 41.7. The molecule has 2 aliphatic heterocycles. The van der Waals surface area contributed by atoms with Gasteiger partial charge in [-0.15, -0.1) is 0 Å². The van der Waals surface area contributed by atoms with E-state index < -0.39 is 37.6 Å². The van der Waals surface area contributed by atoms with Gasteiger partial charge in [0, 0.05) is 12.8 Å². The summed E-state index contributed by atoms with van der Waals surface area (Å²) in [4.78, 5) is 0. The summed E-state index contributed by atoms with van der Waals surface area (Å²) >= 11 is 0. The van der Waals surface area contributed by atoms with E-state index in [0.717, 1.165) is 11.1 Å². The van der Waals surface area contributed by atoms with Gasteiger partial charge in [-0.3, -0.25) is 0 Å². The predicted octanol–water partition coefficient (Wildman–Crippen LogP) is 4.46. The number of aliphatic hydroxyl groups excluding tert-OH is 4. The van der Waals surface area contributed by atoms with Crippen LogP contribution in [0.2, 0.25) is 0 Å². The third-order valence-electron chi connectivity index (χ3n) is 10.4. The second-order valence-electron chi connectivity index (χ2n) is 13.7. The molecule has 16 heteroatoms. The molecule has 58 heavy (non-hydrogen) atoms. The number of benzene rings is 4. The molecule has 0 amide bonds. The van der Waals surface area contributed by atoms with Crippen LogP contribution >= 0.6 is 0 Å². The summed E-state index contributed by atoms with van der Waals surface area (Å²) in [6.07, 6.45) is -5.12. The van der Waals surface area contributed by atoms with E-state index in [1.165, 1.54) is 79.1 Å². The maximum absolute atomic E-state index is 11.1. The van der Waals surface area contributed by atoms with Gasteiger partial charge in [-0.25, -0.2) is 0 Å². The molecule has 4 aromatic rings. The van der Waals surface area contributed by atoms with Gasteiger partial charge >= 0.3 is 0 Å². The van der Waals surface area contributed by atoms with E-state index in [4.69, 9.17) is 47.4 Å². The van der Waals surface area contributed by atoms with Crippen molar-refractivity contribution < 1.29 is 78.0 Å². The topological polar surface area (TPSA) is 214 Å². The summed E-state index contributed by atoms with van der Waals surface area (Å²) in [5, 5.41) is 62.6. The number of aromatic hydroxyl groups is 2. The average molecular weight is 811 g/mol. The predicted molar refractivity (Wildman–Crippen MR) is 206 cm³/mol. The highest BCUT2D eigenvalue weighted by Crippen LogP contribution is 2.51. The van der Waals surface area contributed by atoms with Gasteiger partial charge in [0.2, 0.25) is 11.5 Å². The minimum atomic E-state index is -1.30. The monoisotopic (exact) mass is 810 g/mol. The summed E-state index contributed by atoms with van der Waals surface area (Å²) in [5.74, 6) is 1.64. The van der Waals surface area contributed by atoms with Crippen molar-refractivity contribution in [3.63, 3.8) is 0 Å². The minimum Gasteiger partial charge on any atom is -0.504 e. The van der Waals surface area contributed by atoms with Gasteiger partial charge in [0.15, 0.2) is 58.2 Å². The molecular formula is C42H50O16. The Bertz CT molecular complexity index is 1820. The van der Waals surface area contributed by atoms with Crippen LogP contribution in [0.15, 0.2) is 60.7 Å². The first-order valence-corrected chi connectivity index (χ1v) is 18.5. The Morgan fingerprint density at radius 1 is 0.517 bits per heavy atom. The Balaban J connectivity index is 1.16. The molecule has 2 saturated heterocycles. The first-order valence-electron chi connectivity index (χ1n) is 18.5. The molecule has 0 spiro atoms. The number of fused-ring (bicyclic) bond motifs is 1. The number of rotatable bonds is 18. The first-order chi connectivity index (χ1) is 28.0. The Kier molecular flexibility index (Phi) is 13.5. The normalized spacial score (nSPS) is 20.7. The SMILES string of the molecule is COc1cc(C(O)C(CO)Oc2c(OC)cc(C3CC4OC(c5cc(OC)c(OC(CO)C(O)c6ccc(O)c(OC)c6)c(OC)c5)CC4O3)cc2OC)ccc1O. The van der Waals surface area contributed by atoms with E-state index >= 15 is 0 Å². The number of phenols is 2. The van der Waals surface area contributed by atoms with Crippen LogP contribution < -0.4 is 37.9 Å². The molecule has 8 unspecified atom stereocenters. The van der Waals surface area contributed by atoms with Crippen molar-refractivity contribution >= 4 is 0 Å². The molecule has 4 aromatic carbocycles. The Hall–Kier alpha value is -5.36. The fourth-order valence-electron chi connectivity index (χ4n) is 7.27. The van der Waals surface area contributed by atoms with Gasteiger partial charge in [-0.2, -0.15) is 0 Å². The summed E-state index contributed by atoms with van der Waals surface area (Å²) in [5.41, 5.74) is 2.20. The third-order valence-corrected chi connectivity index (χ3v) is 10.4. The second-order valence-corrected chi connectivity index (χ2v) is 13.7. The molecule has 0 saturated carbocycles. The number of hydrogen-bond acceptors (Lipinski definition) is 16. The summed E-state index contributed by atoms with van der Waals surface area (Å²) < 4.78 is 58.4. The summed E-state index contributed by atoms with van der Waals surface area (Å²) in [7, 11) is 8.66. The fourth-order valence-corrected chi connectivity index (χ4v) is 7.27. The van der Waals surface area contributed by atoms with Gasteiger partial charge in [0.05, 0.1) is 80.3 Å². The van der Waals surface area contributed by atoms with Crippen LogP contribution in [-0.2, 0) is 9.47 Å². The van der Waals surface area contributed by atoms with Crippen LogP contribution in [0.25, 0.3) is 0 Å². The lowest BCUT2D eigenvalue weighted by atomic mass is 10.0. The van der Waals surface area contributed by atoms with Crippen molar-refractivity contribution in [1.82, 2.24) is 0 Å². The largest absolute Gasteiger partial charge is 0.504 e. The first kappa shape index (κ1) is 42.3. The van der Waals surface area contributed by atoms with E-state index in [1.807, 2.05) is 0 Å². The molecular weight excluding hydrogens is 760 g/mol. The van der Waals surface area contributed by atoms with Crippen molar-refractivity contribution in [2.24, 2.45) is 0 Å². The minimum absolute atomic E-state index is 0.0975. The van der Waals surface area contributed by atoms with E-state index in [-0.39, 0.29) is 58.9 Å². The number of methoxy groups -OCH3 is 6. The van der Waals surface area contributed by atoms with Crippen molar-refractivity contribution in [2.75, 3.05) is 55.9 Å². The van der Waals surface area contributed by atoms with Crippen molar-refractivity contribution in [3.8, 4) is 57.5 Å². The van der Waals surface area contributed by atoms with Crippen LogP contribution in [0.3, 0.4) is 0 Å². The van der Waals surface area contributed by atoms with E-state index in [2.05, 4.69) is 0 Å². The van der Waals surface area contributed by atoms with E-state index in [1.54, 1.807) is 24.3 Å². The van der Waals surface area contributed by atoms with Crippen molar-refractivity contribution in [2.45, 2.75) is 61.7 Å². The summed E-state index contributed by atoms with van der Waals surface area (Å²) in [6, 6.07) is 15.7. The molecule has 0 bridgehead atoms. The zero-order valence-corrected chi connectivity index (χ0v) is 33.0. The highest BCUT2D eigenvalue weighted by Gasteiger charge is 2.45. The van der Waals surface area contributed by atoms with Gasteiger partial charge in [-0.05, 0) is 70.8 Å². The lowest BCUT2D eigenvalue weighted by Crippen LogP contribution is -2.29. The standard InChI is InChI=1S/C42H50O16/c1-49-29-11-21(7-9-25(29)45)39(47)37(19-43)57-41-33(51-3)13-23(14-34(41)52-4)27-17-31-32(55-27)18-28(56-31)24-15-35(53-5)42(36(16-24)54-6)58-38(20-44)40(48)22-8-10-26(46)30(12-22)50-2/h7-16,27-28,31-32,37-40,43-48H,17-20H2,1-6H3. The Morgan fingerprint density at radius 2 is 0.845 bits per heavy atom. The lowest BCUT2D eigenvalue weighted by Gasteiger charge is -2.26. The average Bonchev–Trinajstić information content (AvgIpc) is 3.84. The highest BCUT2D eigenvalue weighted by molar-refractivity contribution is 5.56. The van der Waals surface area contributed by atoms with Gasteiger partial charge in [-0.1, -0.05) is 12.1 Å². The van der Waals surface area contributed by atoms with Gasteiger partial charge in [0.1, 0.15) is 12.2 Å². The molecule has 8 atom stereocenters. The van der Waals surface area contributed by atoms with Crippen LogP contribution in [0.1, 0.15) is 59.5 Å². The Morgan fingerprint density at radius 3 is 1.14 bits per heavy atom. The van der Waals surface area contributed by atoms with Crippen molar-refractivity contribution in [1.29, 1.82) is 0 Å². The number of phenolic OH excluding ortho intramolecular Hbond substituents is 2. The smallest absolute Gasteiger partial charge is 0.204 e. The number of aliphatic hydroxyl groups is 4. The maximum Gasteiger partial charge on any atom is 0.204 e. The van der Waals surface area contributed by atoms with Gasteiger partial charge in [0.25, 0.3) is 0 Å². The molecule has 16 nitrogen and oxygen atoms in total. The molecule has 6 N–H and O–H groups in total. The molecule has 2 fully saturated rings. The Labute approximate surface area is 335 Å². The highest BCUT2D eigenvalue weighted by atomic mass is 16.6. The second kappa shape index (κ2) is 18.5. The van der Waals surface area contributed by atoms with Crippen LogP contribution in [-0.4, -0.2) is 111 Å². The lowest BCUT2D eigenvalue weighted by molar-refractivity contribution is -0.00195. The van der Waals surface area contributed by atoms with Crippen LogP contribution in [0.5, 0.6) is 57.5 Å². The molecule has 0 aliphatic carbocycles. The third kappa shape index (κ3) is 8.57. The molecule has 0 radical (unpaired) electrons. The van der Waals surface area contributed by atoms with Crippen LogP contribution in [0.4, 0.5) is 0 Å². The number of hydrogen-bond donors (Lipinski definition) is 6. The zero-order valence-electron chi connectivity index (χ0n) is 33.0. The maximum atomic E-state index is 11.1. The molecule has 2 aliphatic rings. The molecule has 6 rings (SSSR count). The molecule has 2 heterocycles. The van der Waals surface area contributed by atoms with Crippen LogP contribution in [0, 0.1) is 0 Å². The number of ether oxygens (including phenoxy) is 10. The van der Waals surface area contributed by atoms with E-state index in [9.17, 15) is 30.6 Å². The molecule has 0 aromatic heterocycles. The summed E-state index contributed by atoms with van der Waals surface area (Å²) in [6.45, 7) is -1.11.